The lowest BCUT2D eigenvalue weighted by molar-refractivity contribution is 0.0933. The van der Waals surface area contributed by atoms with Gasteiger partial charge in [0.15, 0.2) is 0 Å². The Kier molecular flexibility index (Phi) is 4.51. The summed E-state index contributed by atoms with van der Waals surface area (Å²) in [5.74, 6) is 0.155. The molecule has 3 nitrogen and oxygen atoms in total. The zero-order chi connectivity index (χ0) is 14.5. The maximum atomic E-state index is 12.4. The van der Waals surface area contributed by atoms with Crippen molar-refractivity contribution in [3.8, 4) is 0 Å². The Morgan fingerprint density at radius 2 is 1.75 bits per heavy atom. The van der Waals surface area contributed by atoms with Gasteiger partial charge in [-0.25, -0.2) is 0 Å². The van der Waals surface area contributed by atoms with Gasteiger partial charge in [-0.1, -0.05) is 50.2 Å². The fourth-order valence-corrected chi connectivity index (χ4v) is 2.16. The lowest BCUT2D eigenvalue weighted by atomic mass is 10.0. The minimum Gasteiger partial charge on any atom is -0.344 e. The number of carbonyl (C=O) groups excluding carboxylic acids is 1. The van der Waals surface area contributed by atoms with Crippen LogP contribution in [0.3, 0.4) is 0 Å². The van der Waals surface area contributed by atoms with E-state index in [0.717, 1.165) is 11.1 Å². The molecule has 1 atom stereocenters. The van der Waals surface area contributed by atoms with Crippen LogP contribution in [0.4, 0.5) is 0 Å². The highest BCUT2D eigenvalue weighted by Gasteiger charge is 2.17. The van der Waals surface area contributed by atoms with Crippen LogP contribution in [-0.2, 0) is 0 Å². The summed E-state index contributed by atoms with van der Waals surface area (Å²) < 4.78 is 0. The molecule has 3 heteroatoms. The first-order chi connectivity index (χ1) is 9.59. The zero-order valence-corrected chi connectivity index (χ0v) is 12.1. The summed E-state index contributed by atoms with van der Waals surface area (Å²) in [6.45, 7) is 6.11. The van der Waals surface area contributed by atoms with Crippen molar-refractivity contribution in [2.45, 2.75) is 32.7 Å². The number of pyridine rings is 1. The van der Waals surface area contributed by atoms with Crippen LogP contribution in [0.1, 0.15) is 54.3 Å². The molecule has 104 valence electrons. The summed E-state index contributed by atoms with van der Waals surface area (Å²) in [7, 11) is 0. The van der Waals surface area contributed by atoms with Crippen molar-refractivity contribution in [3.05, 3.63) is 65.5 Å². The Morgan fingerprint density at radius 3 is 2.40 bits per heavy atom. The number of rotatable bonds is 4. The van der Waals surface area contributed by atoms with Crippen LogP contribution < -0.4 is 5.32 Å². The second-order valence-corrected chi connectivity index (χ2v) is 5.20. The predicted molar refractivity (Wildman–Crippen MR) is 80.6 cm³/mol. The highest BCUT2D eigenvalue weighted by atomic mass is 16.1. The molecule has 0 aliphatic rings. The van der Waals surface area contributed by atoms with Gasteiger partial charge >= 0.3 is 0 Å². The van der Waals surface area contributed by atoms with E-state index in [1.165, 1.54) is 0 Å². The second kappa shape index (κ2) is 6.33. The van der Waals surface area contributed by atoms with E-state index in [1.807, 2.05) is 49.4 Å². The van der Waals surface area contributed by atoms with Gasteiger partial charge in [0.1, 0.15) is 5.69 Å². The summed E-state index contributed by atoms with van der Waals surface area (Å²) in [4.78, 5) is 16.6. The Labute approximate surface area is 120 Å². The summed E-state index contributed by atoms with van der Waals surface area (Å²) in [6.07, 6.45) is 1.66. The molecule has 0 saturated carbocycles. The molecule has 1 aromatic carbocycles. The lowest BCUT2D eigenvalue weighted by Gasteiger charge is -2.16. The van der Waals surface area contributed by atoms with E-state index in [1.54, 1.807) is 6.20 Å². The van der Waals surface area contributed by atoms with Gasteiger partial charge in [0.25, 0.3) is 5.91 Å². The fourth-order valence-electron chi connectivity index (χ4n) is 2.16. The molecule has 0 aliphatic carbocycles. The molecule has 0 saturated heterocycles. The highest BCUT2D eigenvalue weighted by Crippen LogP contribution is 2.18. The van der Waals surface area contributed by atoms with Gasteiger partial charge in [0.05, 0.1) is 6.04 Å². The lowest BCUT2D eigenvalue weighted by Crippen LogP contribution is -2.28. The van der Waals surface area contributed by atoms with Crippen molar-refractivity contribution in [1.82, 2.24) is 10.3 Å². The third-order valence-corrected chi connectivity index (χ3v) is 3.32. The number of nitrogens with one attached hydrogen (secondary N) is 1. The summed E-state index contributed by atoms with van der Waals surface area (Å²) in [5, 5.41) is 3.01. The number of nitrogens with zero attached hydrogens (tertiary/aromatic N) is 1. The molecular formula is C17H20N2O. The highest BCUT2D eigenvalue weighted by molar-refractivity contribution is 5.94. The van der Waals surface area contributed by atoms with Crippen molar-refractivity contribution in [2.24, 2.45) is 0 Å². The molecule has 1 amide bonds. The van der Waals surface area contributed by atoms with E-state index in [9.17, 15) is 4.79 Å². The monoisotopic (exact) mass is 268 g/mol. The number of carbonyl (C=O) groups is 1. The predicted octanol–water partition coefficient (Wildman–Crippen LogP) is 3.70. The quantitative estimate of drug-likeness (QED) is 0.918. The van der Waals surface area contributed by atoms with Gasteiger partial charge in [-0.05, 0) is 30.0 Å². The molecule has 1 heterocycles. The molecule has 0 bridgehead atoms. The zero-order valence-electron chi connectivity index (χ0n) is 12.1. The van der Waals surface area contributed by atoms with Crippen LogP contribution in [0.15, 0.2) is 48.7 Å². The van der Waals surface area contributed by atoms with Gasteiger partial charge in [-0.15, -0.1) is 0 Å². The second-order valence-electron chi connectivity index (χ2n) is 5.20. The molecule has 0 spiro atoms. The van der Waals surface area contributed by atoms with E-state index < -0.39 is 0 Å². The molecule has 1 N–H and O–H groups in total. The van der Waals surface area contributed by atoms with Crippen molar-refractivity contribution < 1.29 is 4.79 Å². The summed E-state index contributed by atoms with van der Waals surface area (Å²) in [6, 6.07) is 13.7. The third-order valence-electron chi connectivity index (χ3n) is 3.32. The van der Waals surface area contributed by atoms with Crippen LogP contribution in [0.5, 0.6) is 0 Å². The maximum Gasteiger partial charge on any atom is 0.270 e. The molecule has 2 rings (SSSR count). The van der Waals surface area contributed by atoms with Crippen molar-refractivity contribution in [3.63, 3.8) is 0 Å². The Hall–Kier alpha value is -2.16. The van der Waals surface area contributed by atoms with Gasteiger partial charge in [-0.2, -0.15) is 0 Å². The van der Waals surface area contributed by atoms with E-state index >= 15 is 0 Å². The molecule has 2 aromatic rings. The minimum atomic E-state index is -0.120. The third kappa shape index (κ3) is 3.23. The van der Waals surface area contributed by atoms with E-state index in [2.05, 4.69) is 24.1 Å². The van der Waals surface area contributed by atoms with E-state index in [0.29, 0.717) is 5.69 Å². The van der Waals surface area contributed by atoms with E-state index in [-0.39, 0.29) is 17.9 Å². The van der Waals surface area contributed by atoms with Crippen molar-refractivity contribution in [1.29, 1.82) is 0 Å². The number of benzene rings is 1. The van der Waals surface area contributed by atoms with Crippen molar-refractivity contribution in [2.75, 3.05) is 0 Å². The maximum absolute atomic E-state index is 12.4. The first-order valence-corrected chi connectivity index (χ1v) is 6.90. The van der Waals surface area contributed by atoms with Crippen LogP contribution >= 0.6 is 0 Å². The van der Waals surface area contributed by atoms with Gasteiger partial charge in [0.2, 0.25) is 0 Å². The van der Waals surface area contributed by atoms with Crippen LogP contribution in [0.2, 0.25) is 0 Å². The normalized spacial score (nSPS) is 12.2. The molecule has 1 aromatic heterocycles. The minimum absolute atomic E-state index is 0.0364. The average Bonchev–Trinajstić information content (AvgIpc) is 2.48. The fraction of sp³-hybridized carbons (Fsp3) is 0.294. The van der Waals surface area contributed by atoms with Crippen LogP contribution in [0, 0.1) is 0 Å². The molecule has 0 aliphatic heterocycles. The van der Waals surface area contributed by atoms with E-state index in [4.69, 9.17) is 0 Å². The Balaban J connectivity index is 2.17. The molecule has 20 heavy (non-hydrogen) atoms. The standard InChI is InChI=1S/C17H20N2O/c1-12(2)15-10-7-11-18-16(15)17(20)19-13(3)14-8-5-4-6-9-14/h4-13H,1-3H3,(H,19,20)/t13-/m1/s1. The SMILES string of the molecule is CC(C)c1cccnc1C(=O)N[C@H](C)c1ccccc1. The summed E-state index contributed by atoms with van der Waals surface area (Å²) in [5.41, 5.74) is 2.58. The number of hydrogen-bond donors (Lipinski definition) is 1. The number of hydrogen-bond acceptors (Lipinski definition) is 2. The first-order valence-electron chi connectivity index (χ1n) is 6.90. The van der Waals surface area contributed by atoms with Crippen LogP contribution in [0.25, 0.3) is 0 Å². The molecule has 0 radical (unpaired) electrons. The van der Waals surface area contributed by atoms with Gasteiger partial charge < -0.3 is 5.32 Å². The summed E-state index contributed by atoms with van der Waals surface area (Å²) >= 11 is 0. The molecular weight excluding hydrogens is 248 g/mol. The van der Waals surface area contributed by atoms with Crippen LogP contribution in [-0.4, -0.2) is 10.9 Å². The van der Waals surface area contributed by atoms with Gasteiger partial charge in [-0.3, -0.25) is 9.78 Å². The number of aromatic nitrogens is 1. The topological polar surface area (TPSA) is 42.0 Å². The first kappa shape index (κ1) is 14.3. The average molecular weight is 268 g/mol. The molecule has 0 unspecified atom stereocenters. The smallest absolute Gasteiger partial charge is 0.270 e. The largest absolute Gasteiger partial charge is 0.344 e. The number of amides is 1. The molecule has 0 fully saturated rings. The Morgan fingerprint density at radius 1 is 1.05 bits per heavy atom. The van der Waals surface area contributed by atoms with Crippen molar-refractivity contribution >= 4 is 5.91 Å². The Bertz CT molecular complexity index is 579. The van der Waals surface area contributed by atoms with Gasteiger partial charge in [0, 0.05) is 6.20 Å².